The van der Waals surface area contributed by atoms with Crippen molar-refractivity contribution >= 4 is 0 Å². The first-order valence-corrected chi connectivity index (χ1v) is 11.6. The van der Waals surface area contributed by atoms with Crippen molar-refractivity contribution in [3.05, 3.63) is 53.3 Å². The number of aliphatic hydroxyl groups excluding tert-OH is 2. The van der Waals surface area contributed by atoms with Gasteiger partial charge in [0.25, 0.3) is 0 Å². The monoisotopic (exact) mass is 412 g/mol. The second kappa shape index (κ2) is 9.01. The Hall–Kier alpha value is -1.38. The predicted molar refractivity (Wildman–Crippen MR) is 123 cm³/mol. The maximum absolute atomic E-state index is 10.1. The van der Waals surface area contributed by atoms with Crippen LogP contribution < -0.4 is 0 Å². The van der Waals surface area contributed by atoms with Gasteiger partial charge in [0, 0.05) is 6.42 Å². The van der Waals surface area contributed by atoms with Crippen molar-refractivity contribution in [2.24, 2.45) is 23.2 Å². The summed E-state index contributed by atoms with van der Waals surface area (Å²) in [5, 5.41) is 30.0. The fourth-order valence-corrected chi connectivity index (χ4v) is 6.13. The first kappa shape index (κ1) is 23.3. The summed E-state index contributed by atoms with van der Waals surface area (Å²) < 4.78 is 0. The van der Waals surface area contributed by atoms with Crippen molar-refractivity contribution in [2.45, 2.75) is 90.4 Å². The number of hydrogen-bond donors (Lipinski definition) is 3. The molecular weight excluding hydrogens is 372 g/mol. The zero-order valence-corrected chi connectivity index (χ0v) is 19.2. The number of fused-ring (bicyclic) bond motifs is 1. The van der Waals surface area contributed by atoms with E-state index >= 15 is 0 Å². The molecule has 0 aromatic heterocycles. The third kappa shape index (κ3) is 5.08. The molecule has 0 spiro atoms. The minimum atomic E-state index is -0.823. The molecule has 6 unspecified atom stereocenters. The molecule has 3 nitrogen and oxygen atoms in total. The van der Waals surface area contributed by atoms with Crippen molar-refractivity contribution < 1.29 is 15.3 Å². The number of allylic oxidation sites excluding steroid dienone is 3. The summed E-state index contributed by atoms with van der Waals surface area (Å²) in [6.07, 6.45) is 14.2. The van der Waals surface area contributed by atoms with E-state index in [1.165, 1.54) is 31.3 Å². The van der Waals surface area contributed by atoms with E-state index in [4.69, 9.17) is 0 Å². The van der Waals surface area contributed by atoms with Gasteiger partial charge in [0.05, 0.1) is 17.8 Å². The summed E-state index contributed by atoms with van der Waals surface area (Å²) in [6, 6.07) is 0. The van der Waals surface area contributed by atoms with Gasteiger partial charge in [-0.3, -0.25) is 0 Å². The van der Waals surface area contributed by atoms with Crippen LogP contribution >= 0.6 is 0 Å². The Morgan fingerprint density at radius 2 is 1.97 bits per heavy atom. The Kier molecular flexibility index (Phi) is 6.99. The molecule has 0 radical (unpaired) electrons. The van der Waals surface area contributed by atoms with E-state index in [1.807, 2.05) is 0 Å². The van der Waals surface area contributed by atoms with Gasteiger partial charge in [0.2, 0.25) is 0 Å². The van der Waals surface area contributed by atoms with Crippen LogP contribution in [0.25, 0.3) is 0 Å². The molecule has 0 aromatic carbocycles. The highest BCUT2D eigenvalue weighted by atomic mass is 16.3. The van der Waals surface area contributed by atoms with Crippen molar-refractivity contribution in [3.63, 3.8) is 0 Å². The minimum absolute atomic E-state index is 0.289. The fraction of sp³-hybridized carbons (Fsp3) is 0.667. The minimum Gasteiger partial charge on any atom is -0.393 e. The standard InChI is InChI=1S/C27H40O3/c1-18(8-6-14-26(3,4)30)23-12-13-24-20(9-7-15-27(23,24)5)10-11-21-16-22(28)17-25(29)19(21)2/h8,10-11,14,18,22-25,28-30H,2,7,9,12-13,15-17H2,1,3-5H3/b20-10+,21-11+. The van der Waals surface area contributed by atoms with Gasteiger partial charge in [-0.1, -0.05) is 38.2 Å². The summed E-state index contributed by atoms with van der Waals surface area (Å²) >= 11 is 0. The molecule has 3 N–H and O–H groups in total. The molecule has 166 valence electrons. The molecule has 0 heterocycles. The van der Waals surface area contributed by atoms with Crippen LogP contribution in [-0.2, 0) is 0 Å². The zero-order chi connectivity index (χ0) is 22.1. The van der Waals surface area contributed by atoms with Gasteiger partial charge in [-0.15, -0.1) is 5.73 Å². The molecule has 3 heteroatoms. The maximum Gasteiger partial charge on any atom is 0.0844 e. The Morgan fingerprint density at radius 1 is 1.23 bits per heavy atom. The molecule has 3 aliphatic carbocycles. The Bertz CT molecular complexity index is 774. The predicted octanol–water partition coefficient (Wildman–Crippen LogP) is 5.25. The van der Waals surface area contributed by atoms with Crippen molar-refractivity contribution in [2.75, 3.05) is 0 Å². The van der Waals surface area contributed by atoms with Crippen LogP contribution in [0.15, 0.2) is 53.3 Å². The lowest BCUT2D eigenvalue weighted by molar-refractivity contribution is 0.0862. The van der Waals surface area contributed by atoms with Gasteiger partial charge >= 0.3 is 0 Å². The van der Waals surface area contributed by atoms with E-state index < -0.39 is 17.8 Å². The summed E-state index contributed by atoms with van der Waals surface area (Å²) in [7, 11) is 0. The molecule has 30 heavy (non-hydrogen) atoms. The van der Waals surface area contributed by atoms with Crippen molar-refractivity contribution in [3.8, 4) is 0 Å². The van der Waals surface area contributed by atoms with Crippen LogP contribution in [0.4, 0.5) is 0 Å². The molecular formula is C27H40O3. The van der Waals surface area contributed by atoms with Crippen LogP contribution in [-0.4, -0.2) is 33.1 Å². The van der Waals surface area contributed by atoms with Crippen LogP contribution in [0.5, 0.6) is 0 Å². The molecule has 0 saturated heterocycles. The van der Waals surface area contributed by atoms with Gasteiger partial charge in [0.1, 0.15) is 0 Å². The van der Waals surface area contributed by atoms with E-state index in [0.717, 1.165) is 17.6 Å². The average Bonchev–Trinajstić information content (AvgIpc) is 3.00. The molecule has 3 saturated carbocycles. The largest absolute Gasteiger partial charge is 0.393 e. The van der Waals surface area contributed by atoms with Crippen LogP contribution in [0.1, 0.15) is 72.6 Å². The second-order valence-corrected chi connectivity index (χ2v) is 10.7. The summed E-state index contributed by atoms with van der Waals surface area (Å²) in [5.74, 6) is 1.64. The summed E-state index contributed by atoms with van der Waals surface area (Å²) in [4.78, 5) is 0. The van der Waals surface area contributed by atoms with Crippen molar-refractivity contribution in [1.82, 2.24) is 0 Å². The Labute approximate surface area is 182 Å². The van der Waals surface area contributed by atoms with Crippen LogP contribution in [0.2, 0.25) is 0 Å². The van der Waals surface area contributed by atoms with Gasteiger partial charge in [-0.25, -0.2) is 0 Å². The number of rotatable bonds is 4. The fourth-order valence-electron chi connectivity index (χ4n) is 6.13. The van der Waals surface area contributed by atoms with E-state index in [0.29, 0.717) is 30.6 Å². The van der Waals surface area contributed by atoms with Gasteiger partial charge in [-0.2, -0.15) is 0 Å². The normalized spacial score (nSPS) is 38.3. The quantitative estimate of drug-likeness (QED) is 0.553. The molecule has 0 bridgehead atoms. The molecule has 3 rings (SSSR count). The SMILES string of the molecule is C=C1/C(=C/C=C2\CCCC3(C)C2CCC3C(C)C=C=CC(C)(C)O)CC(O)CC1O. The lowest BCUT2D eigenvalue weighted by Gasteiger charge is -2.44. The van der Waals surface area contributed by atoms with E-state index in [9.17, 15) is 15.3 Å². The first-order valence-electron chi connectivity index (χ1n) is 11.6. The number of aliphatic hydroxyl groups is 3. The Morgan fingerprint density at radius 3 is 2.67 bits per heavy atom. The highest BCUT2D eigenvalue weighted by molar-refractivity contribution is 5.38. The van der Waals surface area contributed by atoms with Crippen LogP contribution in [0, 0.1) is 23.2 Å². The topological polar surface area (TPSA) is 60.7 Å². The van der Waals surface area contributed by atoms with Gasteiger partial charge in [-0.05, 0) is 98.8 Å². The molecule has 0 aromatic rings. The van der Waals surface area contributed by atoms with Crippen molar-refractivity contribution in [1.29, 1.82) is 0 Å². The molecule has 0 amide bonds. The maximum atomic E-state index is 10.1. The lowest BCUT2D eigenvalue weighted by atomic mass is 9.61. The highest BCUT2D eigenvalue weighted by Gasteiger charge is 2.50. The third-order valence-electron chi connectivity index (χ3n) is 7.73. The first-order chi connectivity index (χ1) is 14.0. The molecule has 3 aliphatic rings. The molecule has 3 fully saturated rings. The van der Waals surface area contributed by atoms with Gasteiger partial charge in [0.15, 0.2) is 0 Å². The summed E-state index contributed by atoms with van der Waals surface area (Å²) in [5.41, 5.74) is 5.96. The average molecular weight is 413 g/mol. The summed E-state index contributed by atoms with van der Waals surface area (Å²) in [6.45, 7) is 12.4. The number of hydrogen-bond acceptors (Lipinski definition) is 3. The van der Waals surface area contributed by atoms with E-state index in [1.54, 1.807) is 19.9 Å². The highest BCUT2D eigenvalue weighted by Crippen LogP contribution is 2.59. The van der Waals surface area contributed by atoms with E-state index in [-0.39, 0.29) is 5.41 Å². The van der Waals surface area contributed by atoms with Gasteiger partial charge < -0.3 is 15.3 Å². The lowest BCUT2D eigenvalue weighted by Crippen LogP contribution is -2.35. The zero-order valence-electron chi connectivity index (χ0n) is 19.2. The second-order valence-electron chi connectivity index (χ2n) is 10.7. The molecule has 0 aliphatic heterocycles. The smallest absolute Gasteiger partial charge is 0.0844 e. The third-order valence-corrected chi connectivity index (χ3v) is 7.73. The van der Waals surface area contributed by atoms with Crippen LogP contribution in [0.3, 0.4) is 0 Å². The Balaban J connectivity index is 1.79. The van der Waals surface area contributed by atoms with E-state index in [2.05, 4.69) is 44.4 Å². The molecule has 6 atom stereocenters.